The Balaban J connectivity index is 2.29. The highest BCUT2D eigenvalue weighted by Gasteiger charge is 2.48. The summed E-state index contributed by atoms with van der Waals surface area (Å²) in [4.78, 5) is 40.3. The largest absolute Gasteiger partial charge is 0.466 e. The predicted molar refractivity (Wildman–Crippen MR) is 116 cm³/mol. The Morgan fingerprint density at radius 3 is 1.65 bits per heavy atom. The lowest BCUT2D eigenvalue weighted by Crippen LogP contribution is -2.50. The number of Topliss-reactive ketones (excluding diaryl/α,β-unsaturated/α-hetero) is 1. The molecule has 1 fully saturated rings. The van der Waals surface area contributed by atoms with Gasteiger partial charge in [0.05, 0.1) is 32.4 Å². The highest BCUT2D eigenvalue weighted by molar-refractivity contribution is 5.96. The van der Waals surface area contributed by atoms with Crippen LogP contribution in [0.4, 0.5) is 0 Å². The van der Waals surface area contributed by atoms with Crippen LogP contribution in [0.25, 0.3) is 0 Å². The number of likely N-dealkylation sites (tertiary alicyclic amines) is 1. The molecule has 0 bridgehead atoms. The van der Waals surface area contributed by atoms with Gasteiger partial charge in [0.25, 0.3) is 0 Å². The fourth-order valence-electron chi connectivity index (χ4n) is 4.39. The molecule has 4 atom stereocenters. The average Bonchev–Trinajstić information content (AvgIpc) is 2.81. The normalized spacial score (nSPS) is 23.9. The molecule has 3 rings (SSSR count). The lowest BCUT2D eigenvalue weighted by Gasteiger charge is -2.49. The SMILES string of the molecule is COC(=O)/C=C(\C(=O)OC)N1C(c2ccccc2)C(C)C(=O)C(C)C1c1ccccc1. The number of nitrogens with zero attached hydrogens (tertiary/aromatic N) is 1. The van der Waals surface area contributed by atoms with Gasteiger partial charge in [0.15, 0.2) is 0 Å². The van der Waals surface area contributed by atoms with Crippen LogP contribution in [0.15, 0.2) is 72.4 Å². The van der Waals surface area contributed by atoms with Gasteiger partial charge in [-0.2, -0.15) is 0 Å². The van der Waals surface area contributed by atoms with Crippen molar-refractivity contribution in [1.29, 1.82) is 0 Å². The van der Waals surface area contributed by atoms with Crippen molar-refractivity contribution in [2.45, 2.75) is 25.9 Å². The molecule has 2 aromatic carbocycles. The second kappa shape index (κ2) is 9.60. The monoisotopic (exact) mass is 421 g/mol. The minimum atomic E-state index is -0.670. The van der Waals surface area contributed by atoms with Crippen molar-refractivity contribution in [2.75, 3.05) is 14.2 Å². The lowest BCUT2D eigenvalue weighted by atomic mass is 9.74. The zero-order chi connectivity index (χ0) is 22.5. The number of methoxy groups -OCH3 is 2. The van der Waals surface area contributed by atoms with Gasteiger partial charge in [-0.25, -0.2) is 9.59 Å². The van der Waals surface area contributed by atoms with Crippen LogP contribution < -0.4 is 0 Å². The average molecular weight is 421 g/mol. The maximum Gasteiger partial charge on any atom is 0.354 e. The maximum absolute atomic E-state index is 13.3. The molecule has 0 radical (unpaired) electrons. The molecule has 4 unspecified atom stereocenters. The molecule has 1 aliphatic heterocycles. The van der Waals surface area contributed by atoms with E-state index in [1.807, 2.05) is 79.4 Å². The van der Waals surface area contributed by atoms with E-state index in [1.165, 1.54) is 14.2 Å². The van der Waals surface area contributed by atoms with Crippen molar-refractivity contribution < 1.29 is 23.9 Å². The summed E-state index contributed by atoms with van der Waals surface area (Å²) in [5.74, 6) is -2.07. The van der Waals surface area contributed by atoms with Crippen LogP contribution in [-0.2, 0) is 23.9 Å². The molecule has 6 heteroatoms. The Morgan fingerprint density at radius 2 is 1.26 bits per heavy atom. The van der Waals surface area contributed by atoms with E-state index in [0.29, 0.717) is 0 Å². The molecule has 1 heterocycles. The predicted octanol–water partition coefficient (Wildman–Crippen LogP) is 3.86. The number of carbonyl (C=O) groups is 3. The van der Waals surface area contributed by atoms with Gasteiger partial charge < -0.3 is 14.4 Å². The second-order valence-corrected chi connectivity index (χ2v) is 7.64. The van der Waals surface area contributed by atoms with Gasteiger partial charge in [-0.15, -0.1) is 0 Å². The van der Waals surface area contributed by atoms with E-state index >= 15 is 0 Å². The van der Waals surface area contributed by atoms with Gasteiger partial charge in [-0.05, 0) is 11.1 Å². The molecule has 6 nitrogen and oxygen atoms in total. The third kappa shape index (κ3) is 4.38. The summed E-state index contributed by atoms with van der Waals surface area (Å²) in [6.07, 6.45) is 1.15. The summed E-state index contributed by atoms with van der Waals surface area (Å²) in [6.45, 7) is 3.72. The van der Waals surface area contributed by atoms with Gasteiger partial charge in [-0.3, -0.25) is 4.79 Å². The Kier molecular flexibility index (Phi) is 6.90. The van der Waals surface area contributed by atoms with Crippen LogP contribution in [0.1, 0.15) is 37.1 Å². The van der Waals surface area contributed by atoms with Gasteiger partial charge in [0, 0.05) is 11.8 Å². The molecule has 0 N–H and O–H groups in total. The highest BCUT2D eigenvalue weighted by atomic mass is 16.5. The molecule has 0 aliphatic carbocycles. The van der Waals surface area contributed by atoms with Gasteiger partial charge in [0.1, 0.15) is 11.5 Å². The summed E-state index contributed by atoms with van der Waals surface area (Å²) in [5.41, 5.74) is 1.80. The van der Waals surface area contributed by atoms with E-state index in [1.54, 1.807) is 0 Å². The molecule has 0 spiro atoms. The molecule has 162 valence electrons. The summed E-state index contributed by atoms with van der Waals surface area (Å²) in [7, 11) is 2.52. The standard InChI is InChI=1S/C25H27NO5/c1-16-22(18-11-7-5-8-12-18)26(20(25(29)31-4)15-21(27)30-3)23(17(2)24(16)28)19-13-9-6-10-14-19/h5-17,22-23H,1-4H3/b20-15+. The quantitative estimate of drug-likeness (QED) is 0.539. The van der Waals surface area contributed by atoms with Crippen LogP contribution in [0.3, 0.4) is 0 Å². The molecule has 1 saturated heterocycles. The Labute approximate surface area is 182 Å². The Morgan fingerprint density at radius 1 is 0.806 bits per heavy atom. The number of rotatable bonds is 5. The van der Waals surface area contributed by atoms with Crippen molar-refractivity contribution in [2.24, 2.45) is 11.8 Å². The highest BCUT2D eigenvalue weighted by Crippen LogP contribution is 2.48. The van der Waals surface area contributed by atoms with E-state index in [0.717, 1.165) is 17.2 Å². The minimum absolute atomic E-state index is 0.0586. The molecule has 0 amide bonds. The van der Waals surface area contributed by atoms with E-state index < -0.39 is 35.9 Å². The maximum atomic E-state index is 13.3. The third-order valence-corrected chi connectivity index (χ3v) is 5.85. The Bertz CT molecular complexity index is 914. The zero-order valence-electron chi connectivity index (χ0n) is 18.1. The van der Waals surface area contributed by atoms with Gasteiger partial charge in [-0.1, -0.05) is 74.5 Å². The molecule has 1 aliphatic rings. The number of piperidine rings is 1. The van der Waals surface area contributed by atoms with Crippen molar-refractivity contribution >= 4 is 17.7 Å². The van der Waals surface area contributed by atoms with Crippen molar-refractivity contribution in [3.63, 3.8) is 0 Å². The fraction of sp³-hybridized carbons (Fsp3) is 0.320. The summed E-state index contributed by atoms with van der Waals surface area (Å²) < 4.78 is 9.84. The molecule has 31 heavy (non-hydrogen) atoms. The van der Waals surface area contributed by atoms with Crippen LogP contribution in [0.2, 0.25) is 0 Å². The number of esters is 2. The summed E-state index contributed by atoms with van der Waals surface area (Å²) in [5, 5.41) is 0. The molecule has 0 saturated carbocycles. The first-order chi connectivity index (χ1) is 14.9. The van der Waals surface area contributed by atoms with Crippen LogP contribution >= 0.6 is 0 Å². The smallest absolute Gasteiger partial charge is 0.354 e. The van der Waals surface area contributed by atoms with E-state index in [-0.39, 0.29) is 11.5 Å². The number of carbonyl (C=O) groups excluding carboxylic acids is 3. The molecular weight excluding hydrogens is 394 g/mol. The first-order valence-electron chi connectivity index (χ1n) is 10.2. The topological polar surface area (TPSA) is 72.9 Å². The number of benzene rings is 2. The molecule has 2 aromatic rings. The molecule has 0 aromatic heterocycles. The summed E-state index contributed by atoms with van der Waals surface area (Å²) >= 11 is 0. The minimum Gasteiger partial charge on any atom is -0.466 e. The van der Waals surface area contributed by atoms with Gasteiger partial charge >= 0.3 is 11.9 Å². The first-order valence-corrected chi connectivity index (χ1v) is 10.2. The van der Waals surface area contributed by atoms with Crippen LogP contribution in [-0.4, -0.2) is 36.8 Å². The van der Waals surface area contributed by atoms with E-state index in [4.69, 9.17) is 9.47 Å². The van der Waals surface area contributed by atoms with Crippen LogP contribution in [0.5, 0.6) is 0 Å². The van der Waals surface area contributed by atoms with E-state index in [2.05, 4.69) is 0 Å². The number of hydrogen-bond acceptors (Lipinski definition) is 6. The molecular formula is C25H27NO5. The fourth-order valence-corrected chi connectivity index (χ4v) is 4.39. The van der Waals surface area contributed by atoms with E-state index in [9.17, 15) is 14.4 Å². The summed E-state index contributed by atoms with van der Waals surface area (Å²) in [6, 6.07) is 18.1. The zero-order valence-corrected chi connectivity index (χ0v) is 18.1. The third-order valence-electron chi connectivity index (χ3n) is 5.85. The van der Waals surface area contributed by atoms with Crippen molar-refractivity contribution in [3.8, 4) is 0 Å². The lowest BCUT2D eigenvalue weighted by molar-refractivity contribution is -0.145. The number of hydrogen-bond donors (Lipinski definition) is 0. The second-order valence-electron chi connectivity index (χ2n) is 7.64. The number of ether oxygens (including phenoxy) is 2. The van der Waals surface area contributed by atoms with Gasteiger partial charge in [0.2, 0.25) is 0 Å². The van der Waals surface area contributed by atoms with Crippen LogP contribution in [0, 0.1) is 11.8 Å². The van der Waals surface area contributed by atoms with Crippen molar-refractivity contribution in [1.82, 2.24) is 4.90 Å². The van der Waals surface area contributed by atoms with Crippen molar-refractivity contribution in [3.05, 3.63) is 83.6 Å². The number of ketones is 1. The first kappa shape index (κ1) is 22.3. The Hall–Kier alpha value is -3.41.